The molecule has 1 aromatic heterocycles. The smallest absolute Gasteiger partial charge is 0.136 e. The van der Waals surface area contributed by atoms with Gasteiger partial charge in [-0.3, -0.25) is 0 Å². The SMILES string of the molecule is C=C1/C(=C(C)/C=C\C)CC=C(CNc2ncnc(N)c2C(N)c2ccccc2)N1c1ccccc1CCCC. The zero-order valence-corrected chi connectivity index (χ0v) is 23.3. The maximum absolute atomic E-state index is 6.66. The second-order valence-corrected chi connectivity index (χ2v) is 9.84. The average molecular weight is 521 g/mol. The Morgan fingerprint density at radius 1 is 1.13 bits per heavy atom. The third-order valence-corrected chi connectivity index (χ3v) is 7.19. The summed E-state index contributed by atoms with van der Waals surface area (Å²) in [5.74, 6) is 1.01. The van der Waals surface area contributed by atoms with Crippen LogP contribution in [0, 0.1) is 0 Å². The summed E-state index contributed by atoms with van der Waals surface area (Å²) >= 11 is 0. The van der Waals surface area contributed by atoms with Crippen LogP contribution in [0.1, 0.15) is 62.8 Å². The van der Waals surface area contributed by atoms with Crippen LogP contribution >= 0.6 is 0 Å². The number of nitrogens with two attached hydrogens (primary N) is 2. The number of hydrogen-bond donors (Lipinski definition) is 3. The summed E-state index contributed by atoms with van der Waals surface area (Å²) in [6.45, 7) is 11.5. The van der Waals surface area contributed by atoms with E-state index < -0.39 is 6.04 Å². The topological polar surface area (TPSA) is 93.1 Å². The molecule has 39 heavy (non-hydrogen) atoms. The van der Waals surface area contributed by atoms with Crippen molar-refractivity contribution in [3.05, 3.63) is 125 Å². The number of nitrogens with zero attached hydrogens (tertiary/aromatic N) is 3. The predicted octanol–water partition coefficient (Wildman–Crippen LogP) is 7.06. The first kappa shape index (κ1) is 27.9. The normalized spacial score (nSPS) is 15.8. The number of nitrogen functional groups attached to an aromatic ring is 1. The average Bonchev–Trinajstić information content (AvgIpc) is 2.95. The fourth-order valence-corrected chi connectivity index (χ4v) is 5.09. The van der Waals surface area contributed by atoms with Crippen LogP contribution in [0.2, 0.25) is 0 Å². The zero-order valence-electron chi connectivity index (χ0n) is 23.3. The van der Waals surface area contributed by atoms with E-state index in [-0.39, 0.29) is 0 Å². The Balaban J connectivity index is 1.71. The van der Waals surface area contributed by atoms with Crippen molar-refractivity contribution in [2.45, 2.75) is 52.5 Å². The molecular weight excluding hydrogens is 480 g/mol. The molecule has 0 bridgehead atoms. The number of rotatable bonds is 10. The number of benzene rings is 2. The van der Waals surface area contributed by atoms with Crippen molar-refractivity contribution in [1.29, 1.82) is 0 Å². The van der Waals surface area contributed by atoms with Gasteiger partial charge in [0.25, 0.3) is 0 Å². The minimum absolute atomic E-state index is 0.375. The Morgan fingerprint density at radius 3 is 2.62 bits per heavy atom. The molecule has 0 radical (unpaired) electrons. The van der Waals surface area contributed by atoms with Crippen LogP contribution in [0.4, 0.5) is 17.3 Å². The highest BCUT2D eigenvalue weighted by Gasteiger charge is 2.26. The molecule has 2 heterocycles. The molecule has 6 heteroatoms. The van der Waals surface area contributed by atoms with Gasteiger partial charge >= 0.3 is 0 Å². The number of anilines is 3. The molecule has 2 aromatic carbocycles. The molecule has 1 aliphatic heterocycles. The van der Waals surface area contributed by atoms with Crippen molar-refractivity contribution in [3.63, 3.8) is 0 Å². The van der Waals surface area contributed by atoms with E-state index in [1.165, 1.54) is 23.0 Å². The van der Waals surface area contributed by atoms with E-state index in [4.69, 9.17) is 11.5 Å². The fourth-order valence-electron chi connectivity index (χ4n) is 5.09. The second-order valence-electron chi connectivity index (χ2n) is 9.84. The molecule has 6 nitrogen and oxygen atoms in total. The quantitative estimate of drug-likeness (QED) is 0.265. The lowest BCUT2D eigenvalue weighted by atomic mass is 9.95. The molecule has 5 N–H and O–H groups in total. The van der Waals surface area contributed by atoms with Gasteiger partial charge in [0.1, 0.15) is 18.0 Å². The number of unbranched alkanes of at least 4 members (excludes halogenated alkanes) is 1. The molecule has 0 aliphatic carbocycles. The van der Waals surface area contributed by atoms with E-state index in [2.05, 4.69) is 83.1 Å². The van der Waals surface area contributed by atoms with E-state index in [1.807, 2.05) is 37.3 Å². The molecule has 0 saturated heterocycles. The Bertz CT molecular complexity index is 1390. The summed E-state index contributed by atoms with van der Waals surface area (Å²) in [6, 6.07) is 18.1. The van der Waals surface area contributed by atoms with Gasteiger partial charge in [0.15, 0.2) is 0 Å². The maximum atomic E-state index is 6.66. The molecule has 4 rings (SSSR count). The van der Waals surface area contributed by atoms with Crippen LogP contribution in [0.25, 0.3) is 0 Å². The molecule has 0 amide bonds. The Hall–Kier alpha value is -4.16. The van der Waals surface area contributed by atoms with Crippen LogP contribution in [-0.2, 0) is 6.42 Å². The molecule has 202 valence electrons. The number of nitrogens with one attached hydrogen (secondary N) is 1. The van der Waals surface area contributed by atoms with Gasteiger partial charge in [-0.05, 0) is 61.4 Å². The van der Waals surface area contributed by atoms with Crippen LogP contribution < -0.4 is 21.7 Å². The first-order valence-corrected chi connectivity index (χ1v) is 13.7. The summed E-state index contributed by atoms with van der Waals surface area (Å²) in [6.07, 6.45) is 12.1. The lowest BCUT2D eigenvalue weighted by molar-refractivity contribution is 0.791. The Labute approximate surface area is 232 Å². The molecule has 0 spiro atoms. The lowest BCUT2D eigenvalue weighted by Gasteiger charge is -2.36. The highest BCUT2D eigenvalue weighted by molar-refractivity contribution is 5.69. The fraction of sp³-hybridized carbons (Fsp3) is 0.273. The summed E-state index contributed by atoms with van der Waals surface area (Å²) in [5.41, 5.74) is 21.7. The highest BCUT2D eigenvalue weighted by atomic mass is 15.2. The summed E-state index contributed by atoms with van der Waals surface area (Å²) in [7, 11) is 0. The van der Waals surface area contributed by atoms with Crippen LogP contribution in [-0.4, -0.2) is 16.5 Å². The number of hydrogen-bond acceptors (Lipinski definition) is 6. The van der Waals surface area contributed by atoms with Gasteiger partial charge in [0, 0.05) is 17.1 Å². The van der Waals surface area contributed by atoms with E-state index in [0.717, 1.165) is 48.3 Å². The van der Waals surface area contributed by atoms with Gasteiger partial charge in [0.2, 0.25) is 0 Å². The third-order valence-electron chi connectivity index (χ3n) is 7.19. The summed E-state index contributed by atoms with van der Waals surface area (Å²) < 4.78 is 0. The summed E-state index contributed by atoms with van der Waals surface area (Å²) in [4.78, 5) is 11.1. The maximum Gasteiger partial charge on any atom is 0.136 e. The molecule has 0 fully saturated rings. The minimum atomic E-state index is -0.450. The lowest BCUT2D eigenvalue weighted by Crippen LogP contribution is -2.31. The predicted molar refractivity (Wildman–Crippen MR) is 164 cm³/mol. The van der Waals surface area contributed by atoms with Crippen molar-refractivity contribution in [1.82, 2.24) is 9.97 Å². The zero-order chi connectivity index (χ0) is 27.8. The molecule has 0 saturated carbocycles. The second kappa shape index (κ2) is 13.1. The van der Waals surface area contributed by atoms with Gasteiger partial charge < -0.3 is 21.7 Å². The number of aryl methyl sites for hydroxylation is 1. The van der Waals surface area contributed by atoms with Gasteiger partial charge in [0.05, 0.1) is 18.2 Å². The Morgan fingerprint density at radius 2 is 1.87 bits per heavy atom. The van der Waals surface area contributed by atoms with Crippen molar-refractivity contribution >= 4 is 17.3 Å². The van der Waals surface area contributed by atoms with Crippen LogP contribution in [0.15, 0.2) is 108 Å². The largest absolute Gasteiger partial charge is 0.383 e. The van der Waals surface area contributed by atoms with Gasteiger partial charge in [-0.25, -0.2) is 9.97 Å². The van der Waals surface area contributed by atoms with E-state index in [0.29, 0.717) is 23.7 Å². The van der Waals surface area contributed by atoms with E-state index in [1.54, 1.807) is 0 Å². The first-order chi connectivity index (χ1) is 19.0. The monoisotopic (exact) mass is 520 g/mol. The molecular formula is C33H40N6. The summed E-state index contributed by atoms with van der Waals surface area (Å²) in [5, 5.41) is 3.53. The molecule has 1 aliphatic rings. The van der Waals surface area contributed by atoms with Gasteiger partial charge in [-0.2, -0.15) is 0 Å². The highest BCUT2D eigenvalue weighted by Crippen LogP contribution is 2.38. The number of para-hydroxylation sites is 1. The standard InChI is InChI=1S/C33H40N6/c1-5-7-14-25-15-11-12-18-29(25)39-24(4)28(23(3)13-6-2)20-19-27(39)21-36-33-30(32(35)37-22-38-33)31(34)26-16-9-8-10-17-26/h6,8-13,15-19,22,31H,4-5,7,14,20-21,34H2,1-3H3,(H3,35,36,37,38)/b13-6-,28-23+. The van der Waals surface area contributed by atoms with Gasteiger partial charge in [-0.1, -0.05) is 86.7 Å². The Kier molecular flexibility index (Phi) is 9.34. The van der Waals surface area contributed by atoms with Crippen molar-refractivity contribution in [2.75, 3.05) is 22.5 Å². The van der Waals surface area contributed by atoms with Crippen LogP contribution in [0.5, 0.6) is 0 Å². The minimum Gasteiger partial charge on any atom is -0.383 e. The molecule has 1 unspecified atom stereocenters. The first-order valence-electron chi connectivity index (χ1n) is 13.7. The number of allylic oxidation sites excluding steroid dienone is 5. The number of aromatic nitrogens is 2. The molecule has 3 aromatic rings. The van der Waals surface area contributed by atoms with Crippen molar-refractivity contribution in [2.24, 2.45) is 5.73 Å². The van der Waals surface area contributed by atoms with Gasteiger partial charge in [-0.15, -0.1) is 0 Å². The van der Waals surface area contributed by atoms with E-state index in [9.17, 15) is 0 Å². The third kappa shape index (κ3) is 6.29. The van der Waals surface area contributed by atoms with Crippen molar-refractivity contribution < 1.29 is 0 Å². The van der Waals surface area contributed by atoms with Crippen molar-refractivity contribution in [3.8, 4) is 0 Å². The van der Waals surface area contributed by atoms with E-state index >= 15 is 0 Å². The van der Waals surface area contributed by atoms with Crippen LogP contribution in [0.3, 0.4) is 0 Å². The molecule has 1 atom stereocenters.